The molecule has 1 amide bonds. The predicted molar refractivity (Wildman–Crippen MR) is 72.1 cm³/mol. The molecular formula is C15H26N2O. The highest BCUT2D eigenvalue weighted by Crippen LogP contribution is 2.47. The summed E-state index contributed by atoms with van der Waals surface area (Å²) in [5.41, 5.74) is 0.285. The van der Waals surface area contributed by atoms with Crippen molar-refractivity contribution in [1.29, 1.82) is 0 Å². The normalized spacial score (nSPS) is 36.6. The van der Waals surface area contributed by atoms with Gasteiger partial charge in [0, 0.05) is 6.04 Å². The highest BCUT2D eigenvalue weighted by atomic mass is 16.2. The third-order valence-corrected chi connectivity index (χ3v) is 5.07. The Kier molecular flexibility index (Phi) is 2.74. The first-order valence-corrected chi connectivity index (χ1v) is 7.58. The zero-order valence-electron chi connectivity index (χ0n) is 12.0. The van der Waals surface area contributed by atoms with E-state index in [1.165, 1.54) is 19.3 Å². The molecule has 1 aliphatic heterocycles. The third kappa shape index (κ3) is 1.87. The molecule has 2 saturated carbocycles. The van der Waals surface area contributed by atoms with Gasteiger partial charge in [0.2, 0.25) is 5.91 Å². The summed E-state index contributed by atoms with van der Waals surface area (Å²) < 4.78 is 0. The second-order valence-electron chi connectivity index (χ2n) is 7.30. The Morgan fingerprint density at radius 3 is 2.56 bits per heavy atom. The van der Waals surface area contributed by atoms with Crippen molar-refractivity contribution in [3.8, 4) is 0 Å². The maximum atomic E-state index is 12.6. The molecule has 3 fully saturated rings. The van der Waals surface area contributed by atoms with Crippen LogP contribution < -0.4 is 5.32 Å². The van der Waals surface area contributed by atoms with Crippen LogP contribution in [0.1, 0.15) is 65.7 Å². The van der Waals surface area contributed by atoms with Gasteiger partial charge >= 0.3 is 0 Å². The molecule has 1 saturated heterocycles. The van der Waals surface area contributed by atoms with E-state index in [9.17, 15) is 4.79 Å². The van der Waals surface area contributed by atoms with Gasteiger partial charge in [-0.3, -0.25) is 10.1 Å². The van der Waals surface area contributed by atoms with Gasteiger partial charge in [0.1, 0.15) is 0 Å². The average molecular weight is 250 g/mol. The van der Waals surface area contributed by atoms with E-state index < -0.39 is 0 Å². The van der Waals surface area contributed by atoms with Gasteiger partial charge in [-0.1, -0.05) is 27.2 Å². The Morgan fingerprint density at radius 1 is 1.33 bits per heavy atom. The molecule has 1 heterocycles. The number of hydrogen-bond acceptors (Lipinski definition) is 2. The zero-order valence-corrected chi connectivity index (χ0v) is 12.0. The number of carbonyl (C=O) groups is 1. The molecule has 3 aliphatic rings. The smallest absolute Gasteiger partial charge is 0.244 e. The standard InChI is InChI=1S/C15H26N2O/c1-4-5-12-16-15(8-9-15)13(18)17(12)11-6-7-14(2,3)10-11/h11-12,16H,4-10H2,1-3H3. The first-order valence-electron chi connectivity index (χ1n) is 7.58. The molecular weight excluding hydrogens is 224 g/mol. The maximum absolute atomic E-state index is 12.6. The highest BCUT2D eigenvalue weighted by Gasteiger charge is 2.60. The van der Waals surface area contributed by atoms with Crippen molar-refractivity contribution >= 4 is 5.91 Å². The third-order valence-electron chi connectivity index (χ3n) is 5.07. The van der Waals surface area contributed by atoms with Gasteiger partial charge in [0.25, 0.3) is 0 Å². The van der Waals surface area contributed by atoms with Crippen LogP contribution in [-0.2, 0) is 4.79 Å². The minimum Gasteiger partial charge on any atom is -0.323 e. The lowest BCUT2D eigenvalue weighted by atomic mass is 9.91. The Hall–Kier alpha value is -0.570. The molecule has 0 aromatic rings. The molecule has 0 bridgehead atoms. The molecule has 2 unspecified atom stereocenters. The molecule has 3 rings (SSSR count). The van der Waals surface area contributed by atoms with E-state index in [4.69, 9.17) is 0 Å². The summed E-state index contributed by atoms with van der Waals surface area (Å²) in [4.78, 5) is 14.9. The zero-order chi connectivity index (χ0) is 13.0. The van der Waals surface area contributed by atoms with E-state index in [0.29, 0.717) is 23.5 Å². The van der Waals surface area contributed by atoms with E-state index >= 15 is 0 Å². The topological polar surface area (TPSA) is 32.3 Å². The quantitative estimate of drug-likeness (QED) is 0.835. The Morgan fingerprint density at radius 2 is 2.06 bits per heavy atom. The van der Waals surface area contributed by atoms with Crippen LogP contribution in [0.3, 0.4) is 0 Å². The summed E-state index contributed by atoms with van der Waals surface area (Å²) in [5.74, 6) is 0.406. The average Bonchev–Trinajstić information content (AvgIpc) is 2.91. The molecule has 0 aromatic heterocycles. The molecule has 0 radical (unpaired) electrons. The molecule has 102 valence electrons. The van der Waals surface area contributed by atoms with Crippen LogP contribution in [0.4, 0.5) is 0 Å². The lowest BCUT2D eigenvalue weighted by Crippen LogP contribution is -2.43. The minimum atomic E-state index is -0.132. The number of nitrogens with one attached hydrogen (secondary N) is 1. The van der Waals surface area contributed by atoms with Gasteiger partial charge < -0.3 is 4.90 Å². The van der Waals surface area contributed by atoms with Crippen LogP contribution in [0.15, 0.2) is 0 Å². The number of carbonyl (C=O) groups excluding carboxylic acids is 1. The van der Waals surface area contributed by atoms with Crippen LogP contribution in [0, 0.1) is 5.41 Å². The van der Waals surface area contributed by atoms with Crippen molar-refractivity contribution in [3.05, 3.63) is 0 Å². The molecule has 3 nitrogen and oxygen atoms in total. The van der Waals surface area contributed by atoms with Crippen LogP contribution in [0.25, 0.3) is 0 Å². The van der Waals surface area contributed by atoms with Gasteiger partial charge in [-0.15, -0.1) is 0 Å². The fraction of sp³-hybridized carbons (Fsp3) is 0.933. The number of rotatable bonds is 3. The molecule has 18 heavy (non-hydrogen) atoms. The van der Waals surface area contributed by atoms with Crippen molar-refractivity contribution in [2.24, 2.45) is 5.41 Å². The van der Waals surface area contributed by atoms with Crippen LogP contribution in [0.5, 0.6) is 0 Å². The van der Waals surface area contributed by atoms with E-state index in [0.717, 1.165) is 25.7 Å². The molecule has 1 N–H and O–H groups in total. The summed E-state index contributed by atoms with van der Waals surface area (Å²) in [6.45, 7) is 6.88. The van der Waals surface area contributed by atoms with E-state index in [2.05, 4.69) is 31.0 Å². The largest absolute Gasteiger partial charge is 0.323 e. The van der Waals surface area contributed by atoms with E-state index in [1.807, 2.05) is 0 Å². The van der Waals surface area contributed by atoms with Gasteiger partial charge in [0.05, 0.1) is 11.7 Å². The maximum Gasteiger partial charge on any atom is 0.244 e. The summed E-state index contributed by atoms with van der Waals surface area (Å²) in [7, 11) is 0. The van der Waals surface area contributed by atoms with Gasteiger partial charge in [-0.05, 0) is 43.9 Å². The lowest BCUT2D eigenvalue weighted by molar-refractivity contribution is -0.133. The lowest BCUT2D eigenvalue weighted by Gasteiger charge is -2.31. The van der Waals surface area contributed by atoms with Crippen molar-refractivity contribution in [3.63, 3.8) is 0 Å². The van der Waals surface area contributed by atoms with Crippen LogP contribution in [-0.4, -0.2) is 28.6 Å². The summed E-state index contributed by atoms with van der Waals surface area (Å²) in [6, 6.07) is 0.483. The first kappa shape index (κ1) is 12.5. The molecule has 2 atom stereocenters. The first-order chi connectivity index (χ1) is 8.47. The van der Waals surface area contributed by atoms with Crippen molar-refractivity contribution in [2.75, 3.05) is 0 Å². The number of amides is 1. The second-order valence-corrected chi connectivity index (χ2v) is 7.30. The highest BCUT2D eigenvalue weighted by molar-refractivity contribution is 5.92. The summed E-state index contributed by atoms with van der Waals surface area (Å²) in [6.07, 6.45) is 8.29. The molecule has 1 spiro atoms. The van der Waals surface area contributed by atoms with E-state index in [-0.39, 0.29) is 5.54 Å². The molecule has 0 aromatic carbocycles. The second kappa shape index (κ2) is 3.96. The van der Waals surface area contributed by atoms with Gasteiger partial charge in [0.15, 0.2) is 0 Å². The molecule has 3 heteroatoms. The fourth-order valence-electron chi connectivity index (χ4n) is 3.86. The monoisotopic (exact) mass is 250 g/mol. The summed E-state index contributed by atoms with van der Waals surface area (Å²) in [5, 5.41) is 3.62. The summed E-state index contributed by atoms with van der Waals surface area (Å²) >= 11 is 0. The number of hydrogen-bond donors (Lipinski definition) is 1. The van der Waals surface area contributed by atoms with Crippen molar-refractivity contribution in [2.45, 2.75) is 83.5 Å². The van der Waals surface area contributed by atoms with Gasteiger partial charge in [-0.25, -0.2) is 0 Å². The fourth-order valence-corrected chi connectivity index (χ4v) is 3.86. The predicted octanol–water partition coefficient (Wildman–Crippen LogP) is 2.66. The van der Waals surface area contributed by atoms with Crippen LogP contribution >= 0.6 is 0 Å². The SMILES string of the molecule is CCCC1NC2(CC2)C(=O)N1C1CCC(C)(C)C1. The Bertz CT molecular complexity index is 360. The van der Waals surface area contributed by atoms with Crippen molar-refractivity contribution in [1.82, 2.24) is 10.2 Å². The minimum absolute atomic E-state index is 0.132. The van der Waals surface area contributed by atoms with Gasteiger partial charge in [-0.2, -0.15) is 0 Å². The van der Waals surface area contributed by atoms with Crippen LogP contribution in [0.2, 0.25) is 0 Å². The van der Waals surface area contributed by atoms with E-state index in [1.54, 1.807) is 0 Å². The molecule has 2 aliphatic carbocycles. The Labute approximate surface area is 110 Å². The van der Waals surface area contributed by atoms with Crippen molar-refractivity contribution < 1.29 is 4.79 Å². The Balaban J connectivity index is 1.78. The number of nitrogens with zero attached hydrogens (tertiary/aromatic N) is 1.